The average molecular weight is 211 g/mol. The van der Waals surface area contributed by atoms with Crippen LogP contribution in [0.4, 0.5) is 0 Å². The zero-order valence-electron chi connectivity index (χ0n) is 7.39. The van der Waals surface area contributed by atoms with Crippen LogP contribution in [0, 0.1) is 11.3 Å². The van der Waals surface area contributed by atoms with Crippen LogP contribution in [0.5, 0.6) is 0 Å². The summed E-state index contributed by atoms with van der Waals surface area (Å²) in [4.78, 5) is 8.07. The van der Waals surface area contributed by atoms with Gasteiger partial charge in [0.2, 0.25) is 0 Å². The number of thiocarbonyl (C=S) groups is 1. The molecule has 0 aromatic carbocycles. The Balaban J connectivity index is 2.56. The number of nitriles is 1. The zero-order valence-corrected chi connectivity index (χ0v) is 9.02. The molecule has 0 aliphatic carbocycles. The van der Waals surface area contributed by atoms with Crippen LogP contribution in [0.15, 0.2) is 9.98 Å². The molecule has 0 aromatic rings. The largest absolute Gasteiger partial charge is 0.259 e. The Bertz CT molecular complexity index is 300. The SMILES string of the molecule is CC(C)(C#N)SC(=S)C1N=CC=N1. The van der Waals surface area contributed by atoms with Crippen LogP contribution < -0.4 is 0 Å². The Kier molecular flexibility index (Phi) is 3.17. The normalized spacial score (nSPS) is 16.1. The van der Waals surface area contributed by atoms with E-state index in [1.807, 2.05) is 13.8 Å². The second kappa shape index (κ2) is 3.99. The van der Waals surface area contributed by atoms with Crippen molar-refractivity contribution in [2.45, 2.75) is 24.8 Å². The molecule has 1 heterocycles. The van der Waals surface area contributed by atoms with Crippen molar-refractivity contribution in [2.75, 3.05) is 0 Å². The van der Waals surface area contributed by atoms with Gasteiger partial charge in [0.1, 0.15) is 4.75 Å². The molecule has 68 valence electrons. The van der Waals surface area contributed by atoms with Crippen LogP contribution >= 0.6 is 24.0 Å². The summed E-state index contributed by atoms with van der Waals surface area (Å²) in [5.41, 5.74) is 0. The monoisotopic (exact) mass is 211 g/mol. The minimum atomic E-state index is -0.495. The Labute approximate surface area is 87.0 Å². The molecular formula is C8H9N3S2. The lowest BCUT2D eigenvalue weighted by Crippen LogP contribution is -2.19. The molecule has 0 fully saturated rings. The lowest BCUT2D eigenvalue weighted by molar-refractivity contribution is 0.916. The first-order valence-electron chi connectivity index (χ1n) is 3.74. The van der Waals surface area contributed by atoms with Crippen molar-refractivity contribution in [1.29, 1.82) is 5.26 Å². The van der Waals surface area contributed by atoms with E-state index in [4.69, 9.17) is 17.5 Å². The fourth-order valence-corrected chi connectivity index (χ4v) is 2.25. The van der Waals surface area contributed by atoms with Crippen molar-refractivity contribution in [2.24, 2.45) is 9.98 Å². The van der Waals surface area contributed by atoms with E-state index >= 15 is 0 Å². The predicted molar refractivity (Wildman–Crippen MR) is 60.7 cm³/mol. The quantitative estimate of drug-likeness (QED) is 0.655. The van der Waals surface area contributed by atoms with Gasteiger partial charge in [0.05, 0.1) is 10.3 Å². The smallest absolute Gasteiger partial charge is 0.180 e. The molecule has 1 aliphatic heterocycles. The second-order valence-electron chi connectivity index (χ2n) is 3.01. The van der Waals surface area contributed by atoms with Crippen LogP contribution in [0.3, 0.4) is 0 Å². The molecule has 5 heteroatoms. The van der Waals surface area contributed by atoms with Crippen molar-refractivity contribution in [1.82, 2.24) is 0 Å². The highest BCUT2D eigenvalue weighted by atomic mass is 32.2. The van der Waals surface area contributed by atoms with E-state index < -0.39 is 4.75 Å². The van der Waals surface area contributed by atoms with Crippen molar-refractivity contribution >= 4 is 40.6 Å². The molecule has 0 aromatic heterocycles. The highest BCUT2D eigenvalue weighted by Crippen LogP contribution is 2.27. The Morgan fingerprint density at radius 2 is 2.08 bits per heavy atom. The van der Waals surface area contributed by atoms with E-state index in [9.17, 15) is 0 Å². The first-order chi connectivity index (χ1) is 6.05. The Hall–Kier alpha value is -0.730. The van der Waals surface area contributed by atoms with Crippen LogP contribution in [0.2, 0.25) is 0 Å². The molecule has 1 rings (SSSR count). The van der Waals surface area contributed by atoms with E-state index in [-0.39, 0.29) is 6.17 Å². The Morgan fingerprint density at radius 1 is 1.54 bits per heavy atom. The molecule has 0 N–H and O–H groups in total. The fourth-order valence-electron chi connectivity index (χ4n) is 0.727. The highest BCUT2D eigenvalue weighted by molar-refractivity contribution is 8.24. The number of hydrogen-bond donors (Lipinski definition) is 0. The molecule has 1 aliphatic rings. The van der Waals surface area contributed by atoms with Gasteiger partial charge in [-0.1, -0.05) is 24.0 Å². The van der Waals surface area contributed by atoms with Gasteiger partial charge in [0, 0.05) is 12.4 Å². The van der Waals surface area contributed by atoms with Crippen LogP contribution in [0.1, 0.15) is 13.8 Å². The van der Waals surface area contributed by atoms with Gasteiger partial charge in [-0.05, 0) is 13.8 Å². The molecule has 0 amide bonds. The first-order valence-corrected chi connectivity index (χ1v) is 4.97. The molecule has 0 unspecified atom stereocenters. The number of hydrogen-bond acceptors (Lipinski definition) is 5. The van der Waals surface area contributed by atoms with Gasteiger partial charge in [0.25, 0.3) is 0 Å². The maximum absolute atomic E-state index is 8.78. The van der Waals surface area contributed by atoms with Crippen LogP contribution in [0.25, 0.3) is 0 Å². The van der Waals surface area contributed by atoms with Crippen molar-refractivity contribution in [3.8, 4) is 6.07 Å². The predicted octanol–water partition coefficient (Wildman–Crippen LogP) is 1.83. The van der Waals surface area contributed by atoms with Crippen LogP contribution in [-0.4, -0.2) is 27.5 Å². The maximum Gasteiger partial charge on any atom is 0.180 e. The lowest BCUT2D eigenvalue weighted by atomic mass is 10.2. The minimum Gasteiger partial charge on any atom is -0.259 e. The van der Waals surface area contributed by atoms with E-state index in [1.54, 1.807) is 12.4 Å². The maximum atomic E-state index is 8.78. The van der Waals surface area contributed by atoms with E-state index in [0.29, 0.717) is 4.20 Å². The molecule has 0 spiro atoms. The first kappa shape index (κ1) is 10.4. The van der Waals surface area contributed by atoms with E-state index in [2.05, 4.69) is 16.1 Å². The summed E-state index contributed by atoms with van der Waals surface area (Å²) in [5, 5.41) is 8.78. The standard InChI is InChI=1S/C8H9N3S2/c1-8(2,5-9)13-7(12)6-10-3-4-11-6/h3-4,6H,1-2H3. The second-order valence-corrected chi connectivity index (χ2v) is 5.38. The fraction of sp³-hybridized carbons (Fsp3) is 0.500. The molecule has 0 atom stereocenters. The van der Waals surface area contributed by atoms with Gasteiger partial charge >= 0.3 is 0 Å². The van der Waals surface area contributed by atoms with Gasteiger partial charge in [-0.3, -0.25) is 9.98 Å². The summed E-state index contributed by atoms with van der Waals surface area (Å²) in [6.07, 6.45) is 2.97. The molecule has 0 bridgehead atoms. The Morgan fingerprint density at radius 3 is 2.54 bits per heavy atom. The topological polar surface area (TPSA) is 48.5 Å². The molecular weight excluding hydrogens is 202 g/mol. The van der Waals surface area contributed by atoms with E-state index in [0.717, 1.165) is 0 Å². The third kappa shape index (κ3) is 2.90. The third-order valence-electron chi connectivity index (χ3n) is 1.36. The summed E-state index contributed by atoms with van der Waals surface area (Å²) in [5.74, 6) is 0. The van der Waals surface area contributed by atoms with Gasteiger partial charge in [-0.25, -0.2) is 0 Å². The number of thioether (sulfide) groups is 1. The molecule has 0 saturated heterocycles. The van der Waals surface area contributed by atoms with E-state index in [1.165, 1.54) is 11.8 Å². The summed E-state index contributed by atoms with van der Waals surface area (Å²) in [7, 11) is 0. The molecule has 13 heavy (non-hydrogen) atoms. The number of nitrogens with zero attached hydrogens (tertiary/aromatic N) is 3. The minimum absolute atomic E-state index is 0.271. The summed E-state index contributed by atoms with van der Waals surface area (Å²) >= 11 is 6.45. The summed E-state index contributed by atoms with van der Waals surface area (Å²) in [6.45, 7) is 3.65. The summed E-state index contributed by atoms with van der Waals surface area (Å²) < 4.78 is 0.154. The third-order valence-corrected chi connectivity index (χ3v) is 2.83. The van der Waals surface area contributed by atoms with Gasteiger partial charge < -0.3 is 0 Å². The lowest BCUT2D eigenvalue weighted by Gasteiger charge is -2.15. The van der Waals surface area contributed by atoms with Crippen LogP contribution in [-0.2, 0) is 0 Å². The van der Waals surface area contributed by atoms with Crippen molar-refractivity contribution in [3.63, 3.8) is 0 Å². The average Bonchev–Trinajstić information content (AvgIpc) is 2.55. The van der Waals surface area contributed by atoms with Gasteiger partial charge in [-0.15, -0.1) is 0 Å². The highest BCUT2D eigenvalue weighted by Gasteiger charge is 2.24. The van der Waals surface area contributed by atoms with Crippen molar-refractivity contribution < 1.29 is 0 Å². The number of rotatable bonds is 2. The summed E-state index contributed by atoms with van der Waals surface area (Å²) in [6, 6.07) is 2.17. The molecule has 3 nitrogen and oxygen atoms in total. The number of aliphatic imine (C=N–C) groups is 2. The molecule has 0 saturated carbocycles. The zero-order chi connectivity index (χ0) is 9.90. The van der Waals surface area contributed by atoms with Gasteiger partial charge in [-0.2, -0.15) is 5.26 Å². The van der Waals surface area contributed by atoms with Gasteiger partial charge in [0.15, 0.2) is 6.17 Å². The molecule has 0 radical (unpaired) electrons. The van der Waals surface area contributed by atoms with Crippen molar-refractivity contribution in [3.05, 3.63) is 0 Å².